The Labute approximate surface area is 93.1 Å². The molecule has 1 atom stereocenters. The summed E-state index contributed by atoms with van der Waals surface area (Å²) < 4.78 is 38.8. The van der Waals surface area contributed by atoms with Crippen LogP contribution in [0.25, 0.3) is 0 Å². The zero-order chi connectivity index (χ0) is 12.3. The molecule has 1 aromatic heterocycles. The van der Waals surface area contributed by atoms with Gasteiger partial charge >= 0.3 is 0 Å². The molecule has 0 N–H and O–H groups in total. The Morgan fingerprint density at radius 1 is 1.31 bits per heavy atom. The van der Waals surface area contributed by atoms with Crippen molar-refractivity contribution in [1.82, 2.24) is 4.98 Å². The second kappa shape index (κ2) is 5.18. The van der Waals surface area contributed by atoms with Crippen LogP contribution in [0.5, 0.6) is 0 Å². The van der Waals surface area contributed by atoms with Gasteiger partial charge in [0.2, 0.25) is 0 Å². The molecule has 0 spiro atoms. The summed E-state index contributed by atoms with van der Waals surface area (Å²) in [5.74, 6) is -3.20. The molecular formula is C11H15F3N2. The van der Waals surface area contributed by atoms with Crippen LogP contribution in [0.15, 0.2) is 6.07 Å². The largest absolute Gasteiger partial charge is 0.357 e. The second-order valence-electron chi connectivity index (χ2n) is 3.96. The minimum atomic E-state index is -1.27. The number of nitrogens with zero attached hydrogens (tertiary/aromatic N) is 2. The lowest BCUT2D eigenvalue weighted by Gasteiger charge is -2.22. The second-order valence-corrected chi connectivity index (χ2v) is 3.96. The topological polar surface area (TPSA) is 16.1 Å². The van der Waals surface area contributed by atoms with Gasteiger partial charge in [0.05, 0.1) is 0 Å². The molecule has 0 aliphatic heterocycles. The first-order chi connectivity index (χ1) is 7.45. The van der Waals surface area contributed by atoms with E-state index in [4.69, 9.17) is 0 Å². The van der Waals surface area contributed by atoms with Gasteiger partial charge in [0.15, 0.2) is 17.5 Å². The van der Waals surface area contributed by atoms with Crippen LogP contribution in [0, 0.1) is 23.5 Å². The predicted octanol–water partition coefficient (Wildman–Crippen LogP) is 2.98. The van der Waals surface area contributed by atoms with Gasteiger partial charge in [-0.2, -0.15) is 9.37 Å². The van der Waals surface area contributed by atoms with Crippen molar-refractivity contribution < 1.29 is 13.2 Å². The monoisotopic (exact) mass is 232 g/mol. The minimum absolute atomic E-state index is 0.154. The van der Waals surface area contributed by atoms with E-state index in [1.165, 1.54) is 4.90 Å². The van der Waals surface area contributed by atoms with Crippen molar-refractivity contribution in [3.05, 3.63) is 23.6 Å². The van der Waals surface area contributed by atoms with E-state index in [-0.39, 0.29) is 5.82 Å². The maximum atomic E-state index is 13.3. The SMILES string of the molecule is CCC(C)CN(C)c1nc(F)c(F)cc1F. The molecule has 0 saturated carbocycles. The van der Waals surface area contributed by atoms with Crippen LogP contribution >= 0.6 is 0 Å². The highest BCUT2D eigenvalue weighted by molar-refractivity contribution is 5.39. The average molecular weight is 232 g/mol. The molecule has 0 amide bonds. The van der Waals surface area contributed by atoms with Crippen molar-refractivity contribution in [2.75, 3.05) is 18.5 Å². The summed E-state index contributed by atoms with van der Waals surface area (Å²) in [6.07, 6.45) is 0.926. The van der Waals surface area contributed by atoms with E-state index >= 15 is 0 Å². The molecule has 90 valence electrons. The highest BCUT2D eigenvalue weighted by atomic mass is 19.2. The van der Waals surface area contributed by atoms with E-state index < -0.39 is 17.6 Å². The van der Waals surface area contributed by atoms with Crippen molar-refractivity contribution in [3.63, 3.8) is 0 Å². The first-order valence-corrected chi connectivity index (χ1v) is 5.18. The molecule has 0 aromatic carbocycles. The van der Waals surface area contributed by atoms with Crippen LogP contribution in [0.1, 0.15) is 20.3 Å². The van der Waals surface area contributed by atoms with Crippen LogP contribution in [-0.2, 0) is 0 Å². The zero-order valence-electron chi connectivity index (χ0n) is 9.60. The molecular weight excluding hydrogens is 217 g/mol. The maximum absolute atomic E-state index is 13.3. The van der Waals surface area contributed by atoms with Gasteiger partial charge in [-0.05, 0) is 5.92 Å². The third kappa shape index (κ3) is 2.87. The lowest BCUT2D eigenvalue weighted by atomic mass is 10.1. The Balaban J connectivity index is 2.91. The Morgan fingerprint density at radius 2 is 1.94 bits per heavy atom. The summed E-state index contributed by atoms with van der Waals surface area (Å²) in [5, 5.41) is 0. The van der Waals surface area contributed by atoms with Crippen LogP contribution < -0.4 is 4.90 Å². The minimum Gasteiger partial charge on any atom is -0.357 e. The average Bonchev–Trinajstić information content (AvgIpc) is 2.23. The molecule has 16 heavy (non-hydrogen) atoms. The van der Waals surface area contributed by atoms with Crippen LogP contribution in [0.3, 0.4) is 0 Å². The molecule has 1 rings (SSSR count). The molecule has 0 aliphatic rings. The molecule has 0 fully saturated rings. The highest BCUT2D eigenvalue weighted by Gasteiger charge is 2.16. The van der Waals surface area contributed by atoms with E-state index in [1.807, 2.05) is 13.8 Å². The Hall–Kier alpha value is -1.26. The molecule has 0 aliphatic carbocycles. The normalized spacial score (nSPS) is 12.6. The number of anilines is 1. The van der Waals surface area contributed by atoms with E-state index in [9.17, 15) is 13.2 Å². The summed E-state index contributed by atoms with van der Waals surface area (Å²) in [4.78, 5) is 4.76. The van der Waals surface area contributed by atoms with Crippen molar-refractivity contribution in [1.29, 1.82) is 0 Å². The van der Waals surface area contributed by atoms with Gasteiger partial charge in [-0.1, -0.05) is 20.3 Å². The van der Waals surface area contributed by atoms with Crippen molar-refractivity contribution in [2.45, 2.75) is 20.3 Å². The van der Waals surface area contributed by atoms with Gasteiger partial charge in [0.1, 0.15) is 0 Å². The smallest absolute Gasteiger partial charge is 0.251 e. The Kier molecular flexibility index (Phi) is 4.15. The Bertz CT molecular complexity index is 368. The molecule has 0 bridgehead atoms. The van der Waals surface area contributed by atoms with E-state index in [2.05, 4.69) is 4.98 Å². The lowest BCUT2D eigenvalue weighted by Crippen LogP contribution is -2.26. The van der Waals surface area contributed by atoms with Crippen molar-refractivity contribution >= 4 is 5.82 Å². The van der Waals surface area contributed by atoms with Gasteiger partial charge < -0.3 is 4.90 Å². The van der Waals surface area contributed by atoms with Crippen LogP contribution in [0.4, 0.5) is 19.0 Å². The lowest BCUT2D eigenvalue weighted by molar-refractivity contribution is 0.460. The van der Waals surface area contributed by atoms with E-state index in [0.29, 0.717) is 18.5 Å². The fourth-order valence-corrected chi connectivity index (χ4v) is 1.39. The van der Waals surface area contributed by atoms with Gasteiger partial charge in [-0.3, -0.25) is 0 Å². The highest BCUT2D eigenvalue weighted by Crippen LogP contribution is 2.19. The summed E-state index contributed by atoms with van der Waals surface area (Å²) in [7, 11) is 1.61. The molecule has 2 nitrogen and oxygen atoms in total. The van der Waals surface area contributed by atoms with Crippen molar-refractivity contribution in [3.8, 4) is 0 Å². The standard InChI is InChI=1S/C11H15F3N2/c1-4-7(2)6-16(3)11-9(13)5-8(12)10(14)15-11/h5,7H,4,6H2,1-3H3. The van der Waals surface area contributed by atoms with Gasteiger partial charge in [-0.15, -0.1) is 0 Å². The fourth-order valence-electron chi connectivity index (χ4n) is 1.39. The number of hydrogen-bond acceptors (Lipinski definition) is 2. The molecule has 0 saturated heterocycles. The van der Waals surface area contributed by atoms with E-state index in [0.717, 1.165) is 6.42 Å². The third-order valence-corrected chi connectivity index (χ3v) is 2.51. The van der Waals surface area contributed by atoms with Crippen molar-refractivity contribution in [2.24, 2.45) is 5.92 Å². The van der Waals surface area contributed by atoms with Crippen LogP contribution in [0.2, 0.25) is 0 Å². The summed E-state index contributed by atoms with van der Waals surface area (Å²) in [5.41, 5.74) is 0. The number of pyridine rings is 1. The van der Waals surface area contributed by atoms with Gasteiger partial charge in [-0.25, -0.2) is 8.78 Å². The van der Waals surface area contributed by atoms with E-state index in [1.54, 1.807) is 7.05 Å². The number of rotatable bonds is 4. The first kappa shape index (κ1) is 12.8. The molecule has 1 unspecified atom stereocenters. The fraction of sp³-hybridized carbons (Fsp3) is 0.545. The molecule has 5 heteroatoms. The summed E-state index contributed by atoms with van der Waals surface area (Å²) in [6, 6.07) is 0.519. The number of hydrogen-bond donors (Lipinski definition) is 0. The zero-order valence-corrected chi connectivity index (χ0v) is 9.60. The van der Waals surface area contributed by atoms with Crippen LogP contribution in [-0.4, -0.2) is 18.6 Å². The predicted molar refractivity (Wildman–Crippen MR) is 56.8 cm³/mol. The quantitative estimate of drug-likeness (QED) is 0.742. The molecule has 1 heterocycles. The maximum Gasteiger partial charge on any atom is 0.251 e. The number of aromatic nitrogens is 1. The van der Waals surface area contributed by atoms with Gasteiger partial charge in [0, 0.05) is 19.7 Å². The molecule has 1 aromatic rings. The summed E-state index contributed by atoms with van der Waals surface area (Å²) in [6.45, 7) is 4.55. The van der Waals surface area contributed by atoms with Gasteiger partial charge in [0.25, 0.3) is 5.95 Å². The Morgan fingerprint density at radius 3 is 2.50 bits per heavy atom. The summed E-state index contributed by atoms with van der Waals surface area (Å²) >= 11 is 0. The number of halogens is 3. The first-order valence-electron chi connectivity index (χ1n) is 5.18. The third-order valence-electron chi connectivity index (χ3n) is 2.51. The molecule has 0 radical (unpaired) electrons.